The molecule has 4 nitrogen and oxygen atoms in total. The number of carbonyl (C=O) groups is 1. The average molecular weight is 316 g/mol. The normalized spacial score (nSPS) is 19.9. The number of nitrogens with zero attached hydrogens (tertiary/aromatic N) is 2. The van der Waals surface area contributed by atoms with Gasteiger partial charge in [0.05, 0.1) is 0 Å². The van der Waals surface area contributed by atoms with Gasteiger partial charge in [-0.25, -0.2) is 0 Å². The lowest BCUT2D eigenvalue weighted by atomic mass is 10.1. The van der Waals surface area contributed by atoms with E-state index in [4.69, 9.17) is 23.2 Å². The van der Waals surface area contributed by atoms with E-state index in [1.165, 1.54) is 0 Å². The van der Waals surface area contributed by atoms with Crippen LogP contribution in [0.3, 0.4) is 0 Å². The molecule has 1 fully saturated rings. The van der Waals surface area contributed by atoms with Crippen LogP contribution in [0.15, 0.2) is 18.2 Å². The van der Waals surface area contributed by atoms with E-state index in [1.807, 2.05) is 18.2 Å². The summed E-state index contributed by atoms with van der Waals surface area (Å²) in [6.07, 6.45) is 0. The Kier molecular flexibility index (Phi) is 5.27. The van der Waals surface area contributed by atoms with E-state index >= 15 is 0 Å². The first-order valence-corrected chi connectivity index (χ1v) is 7.35. The molecule has 0 bridgehead atoms. The summed E-state index contributed by atoms with van der Waals surface area (Å²) >= 11 is 12.4. The van der Waals surface area contributed by atoms with Gasteiger partial charge in [0.2, 0.25) is 5.91 Å². The van der Waals surface area contributed by atoms with Gasteiger partial charge in [-0.3, -0.25) is 9.69 Å². The van der Waals surface area contributed by atoms with E-state index < -0.39 is 0 Å². The number of rotatable bonds is 3. The third-order valence-electron chi connectivity index (χ3n) is 3.50. The van der Waals surface area contributed by atoms with E-state index in [9.17, 15) is 4.79 Å². The standard InChI is InChI=1S/C14H19Cl2N3O/c1-18(2)14(20)13-8-17-6-7-19(13)9-10-11(15)4-3-5-12(10)16/h3-5,13,17H,6-9H2,1-2H3. The molecular weight excluding hydrogens is 297 g/mol. The van der Waals surface area contributed by atoms with Crippen molar-refractivity contribution in [2.24, 2.45) is 0 Å². The van der Waals surface area contributed by atoms with Crippen LogP contribution in [0.25, 0.3) is 0 Å². The molecule has 110 valence electrons. The Morgan fingerprint density at radius 2 is 2.05 bits per heavy atom. The van der Waals surface area contributed by atoms with Gasteiger partial charge in [-0.05, 0) is 12.1 Å². The van der Waals surface area contributed by atoms with Crippen LogP contribution >= 0.6 is 23.2 Å². The topological polar surface area (TPSA) is 35.6 Å². The molecule has 1 atom stereocenters. The van der Waals surface area contributed by atoms with Crippen molar-refractivity contribution in [1.29, 1.82) is 0 Å². The molecule has 1 N–H and O–H groups in total. The van der Waals surface area contributed by atoms with Crippen molar-refractivity contribution in [3.8, 4) is 0 Å². The highest BCUT2D eigenvalue weighted by Gasteiger charge is 2.30. The fraction of sp³-hybridized carbons (Fsp3) is 0.500. The monoisotopic (exact) mass is 315 g/mol. The fourth-order valence-electron chi connectivity index (χ4n) is 2.36. The SMILES string of the molecule is CN(C)C(=O)C1CNCCN1Cc1c(Cl)cccc1Cl. The number of carbonyl (C=O) groups excluding carboxylic acids is 1. The van der Waals surface area contributed by atoms with E-state index in [2.05, 4.69) is 10.2 Å². The van der Waals surface area contributed by atoms with Crippen LogP contribution in [0.4, 0.5) is 0 Å². The van der Waals surface area contributed by atoms with Crippen LogP contribution in [-0.2, 0) is 11.3 Å². The Morgan fingerprint density at radius 3 is 2.65 bits per heavy atom. The van der Waals surface area contributed by atoms with Gasteiger partial charge in [-0.1, -0.05) is 29.3 Å². The van der Waals surface area contributed by atoms with Gasteiger partial charge in [-0.15, -0.1) is 0 Å². The molecule has 0 aliphatic carbocycles. The van der Waals surface area contributed by atoms with Gasteiger partial charge >= 0.3 is 0 Å². The summed E-state index contributed by atoms with van der Waals surface area (Å²) in [6.45, 7) is 2.90. The Labute approximate surface area is 129 Å². The minimum absolute atomic E-state index is 0.0976. The number of halogens is 2. The number of hydrogen-bond donors (Lipinski definition) is 1. The molecule has 20 heavy (non-hydrogen) atoms. The van der Waals surface area contributed by atoms with Crippen LogP contribution in [0, 0.1) is 0 Å². The Morgan fingerprint density at radius 1 is 1.40 bits per heavy atom. The van der Waals surface area contributed by atoms with Gasteiger partial charge < -0.3 is 10.2 Å². The van der Waals surface area contributed by atoms with E-state index in [1.54, 1.807) is 19.0 Å². The summed E-state index contributed by atoms with van der Waals surface area (Å²) in [7, 11) is 3.55. The Bertz CT molecular complexity index is 473. The lowest BCUT2D eigenvalue weighted by Gasteiger charge is -2.36. The maximum absolute atomic E-state index is 12.2. The molecule has 0 saturated carbocycles. The third-order valence-corrected chi connectivity index (χ3v) is 4.21. The smallest absolute Gasteiger partial charge is 0.240 e. The van der Waals surface area contributed by atoms with E-state index in [0.29, 0.717) is 23.1 Å². The van der Waals surface area contributed by atoms with E-state index in [-0.39, 0.29) is 11.9 Å². The van der Waals surface area contributed by atoms with Crippen LogP contribution < -0.4 is 5.32 Å². The molecule has 1 aliphatic rings. The molecule has 0 radical (unpaired) electrons. The number of benzene rings is 1. The zero-order valence-corrected chi connectivity index (χ0v) is 13.2. The van der Waals surface area contributed by atoms with Crippen molar-refractivity contribution in [3.63, 3.8) is 0 Å². The molecule has 1 aliphatic heterocycles. The molecule has 1 aromatic carbocycles. The second-order valence-corrected chi connectivity index (χ2v) is 5.94. The van der Waals surface area contributed by atoms with Gasteiger partial charge in [0.15, 0.2) is 0 Å². The lowest BCUT2D eigenvalue weighted by molar-refractivity contribution is -0.135. The maximum Gasteiger partial charge on any atom is 0.240 e. The van der Waals surface area contributed by atoms with Gasteiger partial charge in [0.1, 0.15) is 6.04 Å². The molecule has 2 rings (SSSR count). The van der Waals surface area contributed by atoms with Crippen molar-refractivity contribution < 1.29 is 4.79 Å². The average Bonchev–Trinajstić information content (AvgIpc) is 2.42. The Balaban J connectivity index is 2.19. The number of piperazine rings is 1. The first kappa shape index (κ1) is 15.6. The molecule has 1 aromatic rings. The molecule has 0 spiro atoms. The minimum Gasteiger partial charge on any atom is -0.347 e. The first-order chi connectivity index (χ1) is 9.50. The quantitative estimate of drug-likeness (QED) is 0.924. The molecule has 0 aromatic heterocycles. The summed E-state index contributed by atoms with van der Waals surface area (Å²) in [5, 5.41) is 4.55. The highest BCUT2D eigenvalue weighted by atomic mass is 35.5. The summed E-state index contributed by atoms with van der Waals surface area (Å²) in [5.74, 6) is 0.0976. The maximum atomic E-state index is 12.2. The molecule has 1 heterocycles. The van der Waals surface area contributed by atoms with Gasteiger partial charge in [0.25, 0.3) is 0 Å². The largest absolute Gasteiger partial charge is 0.347 e. The van der Waals surface area contributed by atoms with Crippen LogP contribution in [0.1, 0.15) is 5.56 Å². The van der Waals surface area contributed by atoms with Crippen LogP contribution in [0.2, 0.25) is 10.0 Å². The van der Waals surface area contributed by atoms with Crippen molar-refractivity contribution in [2.75, 3.05) is 33.7 Å². The number of nitrogens with one attached hydrogen (secondary N) is 1. The summed E-state index contributed by atoms with van der Waals surface area (Å²) in [5.41, 5.74) is 0.884. The zero-order chi connectivity index (χ0) is 14.7. The minimum atomic E-state index is -0.175. The number of amides is 1. The number of hydrogen-bond acceptors (Lipinski definition) is 3. The fourth-order valence-corrected chi connectivity index (χ4v) is 2.88. The van der Waals surface area contributed by atoms with Crippen molar-refractivity contribution in [3.05, 3.63) is 33.8 Å². The second-order valence-electron chi connectivity index (χ2n) is 5.12. The van der Waals surface area contributed by atoms with Gasteiger partial charge in [0, 0.05) is 55.9 Å². The molecule has 1 amide bonds. The first-order valence-electron chi connectivity index (χ1n) is 6.59. The molecule has 1 saturated heterocycles. The summed E-state index contributed by atoms with van der Waals surface area (Å²) < 4.78 is 0. The summed E-state index contributed by atoms with van der Waals surface area (Å²) in [4.78, 5) is 16.0. The number of likely N-dealkylation sites (N-methyl/N-ethyl adjacent to an activating group) is 1. The lowest BCUT2D eigenvalue weighted by Crippen LogP contribution is -2.57. The highest BCUT2D eigenvalue weighted by molar-refractivity contribution is 6.35. The molecule has 6 heteroatoms. The summed E-state index contributed by atoms with van der Waals surface area (Å²) in [6, 6.07) is 5.31. The van der Waals surface area contributed by atoms with Crippen molar-refractivity contribution in [2.45, 2.75) is 12.6 Å². The zero-order valence-electron chi connectivity index (χ0n) is 11.7. The third kappa shape index (κ3) is 3.44. The predicted octanol–water partition coefficient (Wildman–Crippen LogP) is 1.86. The van der Waals surface area contributed by atoms with Crippen LogP contribution in [0.5, 0.6) is 0 Å². The molecular formula is C14H19Cl2N3O. The molecule has 1 unspecified atom stereocenters. The predicted molar refractivity (Wildman–Crippen MR) is 82.2 cm³/mol. The van der Waals surface area contributed by atoms with Crippen LogP contribution in [-0.4, -0.2) is 55.5 Å². The van der Waals surface area contributed by atoms with Gasteiger partial charge in [-0.2, -0.15) is 0 Å². The highest BCUT2D eigenvalue weighted by Crippen LogP contribution is 2.26. The van der Waals surface area contributed by atoms with Crippen molar-refractivity contribution >= 4 is 29.1 Å². The van der Waals surface area contributed by atoms with Crippen molar-refractivity contribution in [1.82, 2.24) is 15.1 Å². The Hall–Kier alpha value is -0.810. The second kappa shape index (κ2) is 6.76. The van der Waals surface area contributed by atoms with E-state index in [0.717, 1.165) is 18.7 Å².